The Morgan fingerprint density at radius 2 is 2.05 bits per heavy atom. The zero-order valence-electron chi connectivity index (χ0n) is 11.1. The zero-order valence-corrected chi connectivity index (χ0v) is 11.1. The van der Waals surface area contributed by atoms with Gasteiger partial charge in [-0.05, 0) is 26.0 Å². The molecule has 1 amide bonds. The minimum absolute atomic E-state index is 0.112. The molecule has 0 saturated carbocycles. The van der Waals surface area contributed by atoms with E-state index >= 15 is 0 Å². The summed E-state index contributed by atoms with van der Waals surface area (Å²) in [5.41, 5.74) is 2.09. The van der Waals surface area contributed by atoms with E-state index in [4.69, 9.17) is 4.74 Å². The van der Waals surface area contributed by atoms with Crippen LogP contribution in [-0.4, -0.2) is 22.7 Å². The molecule has 0 aliphatic rings. The van der Waals surface area contributed by atoms with Crippen molar-refractivity contribution in [2.75, 3.05) is 11.9 Å². The highest BCUT2D eigenvalue weighted by Gasteiger charge is 2.05. The Labute approximate surface area is 112 Å². The van der Waals surface area contributed by atoms with Crippen LogP contribution in [-0.2, 0) is 4.79 Å². The molecule has 0 bridgehead atoms. The quantitative estimate of drug-likeness (QED) is 0.866. The smallest absolute Gasteiger partial charge is 0.229 e. The van der Waals surface area contributed by atoms with Crippen molar-refractivity contribution in [2.24, 2.45) is 0 Å². The van der Waals surface area contributed by atoms with Gasteiger partial charge in [0.1, 0.15) is 5.75 Å². The van der Waals surface area contributed by atoms with Crippen LogP contribution in [0.25, 0.3) is 0 Å². The van der Waals surface area contributed by atoms with E-state index in [1.165, 1.54) is 5.56 Å². The molecule has 1 aromatic heterocycles. The van der Waals surface area contributed by atoms with Crippen LogP contribution in [0.15, 0.2) is 30.3 Å². The summed E-state index contributed by atoms with van der Waals surface area (Å²) < 4.78 is 5.49. The maximum Gasteiger partial charge on any atom is 0.229 e. The first-order valence-corrected chi connectivity index (χ1v) is 6.15. The van der Waals surface area contributed by atoms with Crippen LogP contribution >= 0.6 is 0 Å². The van der Waals surface area contributed by atoms with Crippen molar-refractivity contribution in [3.8, 4) is 5.75 Å². The van der Waals surface area contributed by atoms with Crippen molar-refractivity contribution in [3.63, 3.8) is 0 Å². The van der Waals surface area contributed by atoms with Crippen LogP contribution < -0.4 is 10.1 Å². The third-order valence-corrected chi connectivity index (χ3v) is 2.59. The van der Waals surface area contributed by atoms with E-state index in [2.05, 4.69) is 15.5 Å². The molecule has 0 fully saturated rings. The van der Waals surface area contributed by atoms with Crippen LogP contribution in [0.4, 0.5) is 5.82 Å². The number of rotatable bonds is 5. The first-order chi connectivity index (χ1) is 9.13. The standard InChI is InChI=1S/C14H17N3O2/c1-10-3-5-12(6-4-10)19-8-7-14(18)15-13-9-11(2)16-17-13/h3-6,9H,7-8H2,1-2H3,(H2,15,16,17,18). The highest BCUT2D eigenvalue weighted by Crippen LogP contribution is 2.11. The average Bonchev–Trinajstić information content (AvgIpc) is 2.77. The number of aryl methyl sites for hydroxylation is 2. The van der Waals surface area contributed by atoms with Crippen LogP contribution in [0.1, 0.15) is 17.7 Å². The molecule has 0 radical (unpaired) electrons. The summed E-state index contributed by atoms with van der Waals surface area (Å²) >= 11 is 0. The van der Waals surface area contributed by atoms with E-state index in [0.29, 0.717) is 18.8 Å². The molecular weight excluding hydrogens is 242 g/mol. The molecule has 2 aromatic rings. The number of hydrogen-bond donors (Lipinski definition) is 2. The van der Waals surface area contributed by atoms with Crippen molar-refractivity contribution in [2.45, 2.75) is 20.3 Å². The molecule has 19 heavy (non-hydrogen) atoms. The van der Waals surface area contributed by atoms with Gasteiger partial charge in [-0.15, -0.1) is 0 Å². The van der Waals surface area contributed by atoms with Crippen molar-refractivity contribution >= 4 is 11.7 Å². The summed E-state index contributed by atoms with van der Waals surface area (Å²) in [4.78, 5) is 11.6. The molecule has 0 aliphatic heterocycles. The Morgan fingerprint density at radius 3 is 2.68 bits per heavy atom. The lowest BCUT2D eigenvalue weighted by molar-refractivity contribution is -0.116. The maximum atomic E-state index is 11.6. The lowest BCUT2D eigenvalue weighted by Crippen LogP contribution is -2.15. The van der Waals surface area contributed by atoms with Crippen LogP contribution in [0, 0.1) is 13.8 Å². The second kappa shape index (κ2) is 6.04. The van der Waals surface area contributed by atoms with Gasteiger partial charge in [0.25, 0.3) is 0 Å². The fraction of sp³-hybridized carbons (Fsp3) is 0.286. The van der Waals surface area contributed by atoms with E-state index in [9.17, 15) is 4.79 Å². The van der Waals surface area contributed by atoms with Crippen LogP contribution in [0.3, 0.4) is 0 Å². The number of amides is 1. The number of nitrogens with zero attached hydrogens (tertiary/aromatic N) is 1. The van der Waals surface area contributed by atoms with Gasteiger partial charge in [0.15, 0.2) is 5.82 Å². The van der Waals surface area contributed by atoms with Crippen molar-refractivity contribution in [1.29, 1.82) is 0 Å². The van der Waals surface area contributed by atoms with E-state index in [-0.39, 0.29) is 5.91 Å². The predicted molar refractivity (Wildman–Crippen MR) is 73.2 cm³/mol. The molecule has 0 aliphatic carbocycles. The first-order valence-electron chi connectivity index (χ1n) is 6.15. The fourth-order valence-corrected chi connectivity index (χ4v) is 1.58. The normalized spacial score (nSPS) is 10.2. The molecular formula is C14H17N3O2. The number of benzene rings is 1. The number of aromatic nitrogens is 2. The summed E-state index contributed by atoms with van der Waals surface area (Å²) in [7, 11) is 0. The molecule has 2 N–H and O–H groups in total. The lowest BCUT2D eigenvalue weighted by atomic mass is 10.2. The van der Waals surface area contributed by atoms with Gasteiger partial charge >= 0.3 is 0 Å². The number of H-pyrrole nitrogens is 1. The Hall–Kier alpha value is -2.30. The summed E-state index contributed by atoms with van der Waals surface area (Å²) in [6.07, 6.45) is 0.291. The third-order valence-electron chi connectivity index (χ3n) is 2.59. The Bertz CT molecular complexity index is 546. The number of carbonyl (C=O) groups is 1. The topological polar surface area (TPSA) is 67.0 Å². The SMILES string of the molecule is Cc1ccc(OCCC(=O)Nc2cc(C)[nH]n2)cc1. The number of hydrogen-bond acceptors (Lipinski definition) is 3. The van der Waals surface area contributed by atoms with E-state index in [1.54, 1.807) is 6.07 Å². The molecule has 100 valence electrons. The molecule has 1 heterocycles. The summed E-state index contributed by atoms with van der Waals surface area (Å²) in [6, 6.07) is 9.51. The maximum absolute atomic E-state index is 11.6. The number of aromatic amines is 1. The van der Waals surface area contributed by atoms with E-state index in [0.717, 1.165) is 11.4 Å². The minimum Gasteiger partial charge on any atom is -0.493 e. The van der Waals surface area contributed by atoms with Gasteiger partial charge in [-0.3, -0.25) is 9.89 Å². The molecule has 0 saturated heterocycles. The van der Waals surface area contributed by atoms with Gasteiger partial charge < -0.3 is 10.1 Å². The molecule has 0 spiro atoms. The van der Waals surface area contributed by atoms with Crippen molar-refractivity contribution in [3.05, 3.63) is 41.6 Å². The van der Waals surface area contributed by atoms with E-state index in [1.807, 2.05) is 38.1 Å². The number of carbonyl (C=O) groups excluding carboxylic acids is 1. The second-order valence-electron chi connectivity index (χ2n) is 4.40. The van der Waals surface area contributed by atoms with Crippen LogP contribution in [0.5, 0.6) is 5.75 Å². The van der Waals surface area contributed by atoms with Gasteiger partial charge in [-0.2, -0.15) is 5.10 Å². The fourth-order valence-electron chi connectivity index (χ4n) is 1.58. The summed E-state index contributed by atoms with van der Waals surface area (Å²) in [5, 5.41) is 9.40. The molecule has 5 heteroatoms. The van der Waals surface area contributed by atoms with Crippen LogP contribution in [0.2, 0.25) is 0 Å². The van der Waals surface area contributed by atoms with Gasteiger partial charge in [0.05, 0.1) is 13.0 Å². The van der Waals surface area contributed by atoms with Crippen molar-refractivity contribution in [1.82, 2.24) is 10.2 Å². The molecule has 1 aromatic carbocycles. The summed E-state index contributed by atoms with van der Waals surface area (Å²) in [5.74, 6) is 1.20. The van der Waals surface area contributed by atoms with Gasteiger partial charge in [0.2, 0.25) is 5.91 Å². The van der Waals surface area contributed by atoms with Gasteiger partial charge in [-0.25, -0.2) is 0 Å². The first kappa shape index (κ1) is 13.1. The molecule has 5 nitrogen and oxygen atoms in total. The average molecular weight is 259 g/mol. The van der Waals surface area contributed by atoms with Gasteiger partial charge in [0, 0.05) is 11.8 Å². The number of anilines is 1. The highest BCUT2D eigenvalue weighted by atomic mass is 16.5. The zero-order chi connectivity index (χ0) is 13.7. The monoisotopic (exact) mass is 259 g/mol. The number of ether oxygens (including phenoxy) is 1. The molecule has 2 rings (SSSR count). The van der Waals surface area contributed by atoms with Gasteiger partial charge in [-0.1, -0.05) is 17.7 Å². The number of nitrogens with one attached hydrogen (secondary N) is 2. The highest BCUT2D eigenvalue weighted by molar-refractivity contribution is 5.89. The third kappa shape index (κ3) is 4.13. The van der Waals surface area contributed by atoms with Crippen molar-refractivity contribution < 1.29 is 9.53 Å². The largest absolute Gasteiger partial charge is 0.493 e. The molecule has 0 unspecified atom stereocenters. The Balaban J connectivity index is 1.73. The predicted octanol–water partition coefficient (Wildman–Crippen LogP) is 2.43. The minimum atomic E-state index is -0.112. The molecule has 0 atom stereocenters. The van der Waals surface area contributed by atoms with E-state index < -0.39 is 0 Å². The lowest BCUT2D eigenvalue weighted by Gasteiger charge is -2.06. The Kier molecular flexibility index (Phi) is 4.18. The summed E-state index contributed by atoms with van der Waals surface area (Å²) in [6.45, 7) is 4.24. The Morgan fingerprint density at radius 1 is 1.32 bits per heavy atom. The second-order valence-corrected chi connectivity index (χ2v) is 4.40.